The zero-order chi connectivity index (χ0) is 34.3. The molecule has 1 aliphatic rings. The topological polar surface area (TPSA) is 0 Å². The SMILES string of the molecule is C/C=C(\CC)c1ccccc1.C1=C(c2ccccc2)CC1.C=C(CC)c1ccccc1.CC.CC.CC.CC.CC.CC. The third-order valence-corrected chi connectivity index (χ3v) is 5.43. The predicted octanol–water partition coefficient (Wildman–Crippen LogP) is 15.6. The van der Waals surface area contributed by atoms with Crippen molar-refractivity contribution in [1.29, 1.82) is 0 Å². The van der Waals surface area contributed by atoms with Gasteiger partial charge in [-0.1, -0.05) is 207 Å². The van der Waals surface area contributed by atoms with E-state index in [1.807, 2.05) is 107 Å². The van der Waals surface area contributed by atoms with Crippen molar-refractivity contribution >= 4 is 16.7 Å². The zero-order valence-electron chi connectivity index (χ0n) is 31.4. The molecule has 0 aromatic heterocycles. The third kappa shape index (κ3) is 26.3. The Morgan fingerprint density at radius 1 is 0.558 bits per heavy atom. The van der Waals surface area contributed by atoms with E-state index in [2.05, 4.69) is 106 Å². The highest BCUT2D eigenvalue weighted by Gasteiger charge is 2.06. The van der Waals surface area contributed by atoms with E-state index < -0.39 is 0 Å². The molecule has 0 heteroatoms. The molecule has 0 bridgehead atoms. The molecule has 0 spiro atoms. The maximum absolute atomic E-state index is 3.94. The number of hydrogen-bond acceptors (Lipinski definition) is 0. The molecule has 244 valence electrons. The van der Waals surface area contributed by atoms with Crippen LogP contribution in [0.5, 0.6) is 0 Å². The minimum absolute atomic E-state index is 1.03. The number of rotatable bonds is 5. The maximum Gasteiger partial charge on any atom is -0.0228 e. The van der Waals surface area contributed by atoms with Crippen LogP contribution in [0.25, 0.3) is 16.7 Å². The molecule has 0 saturated heterocycles. The van der Waals surface area contributed by atoms with Crippen LogP contribution in [0.2, 0.25) is 0 Å². The van der Waals surface area contributed by atoms with Crippen molar-refractivity contribution in [2.45, 2.75) is 130 Å². The van der Waals surface area contributed by atoms with Gasteiger partial charge in [-0.2, -0.15) is 0 Å². The van der Waals surface area contributed by atoms with Crippen LogP contribution in [0.3, 0.4) is 0 Å². The lowest BCUT2D eigenvalue weighted by molar-refractivity contribution is 0.988. The molecule has 0 radical (unpaired) electrons. The van der Waals surface area contributed by atoms with Crippen LogP contribution in [-0.2, 0) is 0 Å². The number of allylic oxidation sites excluding steroid dienone is 5. The average molecular weight is 589 g/mol. The van der Waals surface area contributed by atoms with Gasteiger partial charge in [-0.3, -0.25) is 0 Å². The molecule has 0 amide bonds. The molecular weight excluding hydrogens is 516 g/mol. The standard InChI is InChI=1S/C11H14.C10H10.C10H12.6C2H6/c1-3-10(4-2)11-8-6-5-7-9-11;1-2-5-9(6-3-1)10-7-4-8-10;1-3-9(2)10-7-5-4-6-8-10;6*1-2/h3,5-9H,4H2,1-2H3;1-3,5-7H,4,8H2;4-8H,2-3H2,1H3;6*1-2H3/b10-3+;;;;;;;;. The van der Waals surface area contributed by atoms with Gasteiger partial charge >= 0.3 is 0 Å². The first-order valence-electron chi connectivity index (χ1n) is 17.4. The van der Waals surface area contributed by atoms with E-state index in [0.29, 0.717) is 0 Å². The van der Waals surface area contributed by atoms with Crippen LogP contribution < -0.4 is 0 Å². The Morgan fingerprint density at radius 3 is 1.19 bits per heavy atom. The van der Waals surface area contributed by atoms with Crippen molar-refractivity contribution in [3.63, 3.8) is 0 Å². The Bertz CT molecular complexity index is 945. The van der Waals surface area contributed by atoms with Gasteiger partial charge in [0.05, 0.1) is 0 Å². The Morgan fingerprint density at radius 2 is 0.907 bits per heavy atom. The molecule has 0 atom stereocenters. The fraction of sp³-hybridized carbons (Fsp3) is 0.442. The molecule has 0 aliphatic heterocycles. The fourth-order valence-electron chi connectivity index (χ4n) is 3.31. The Balaban J connectivity index is -0.000000143. The first-order valence-corrected chi connectivity index (χ1v) is 17.4. The quantitative estimate of drug-likeness (QED) is 0.278. The molecule has 43 heavy (non-hydrogen) atoms. The molecule has 0 saturated carbocycles. The summed E-state index contributed by atoms with van der Waals surface area (Å²) in [7, 11) is 0. The van der Waals surface area contributed by atoms with Crippen LogP contribution in [0, 0.1) is 0 Å². The van der Waals surface area contributed by atoms with Gasteiger partial charge < -0.3 is 0 Å². The van der Waals surface area contributed by atoms with Gasteiger partial charge in [0.15, 0.2) is 0 Å². The van der Waals surface area contributed by atoms with Gasteiger partial charge in [0.1, 0.15) is 0 Å². The van der Waals surface area contributed by atoms with Crippen molar-refractivity contribution < 1.29 is 0 Å². The van der Waals surface area contributed by atoms with E-state index >= 15 is 0 Å². The normalized spacial score (nSPS) is 9.65. The zero-order valence-corrected chi connectivity index (χ0v) is 31.4. The summed E-state index contributed by atoms with van der Waals surface area (Å²) in [6.07, 6.45) is 9.16. The predicted molar refractivity (Wildman–Crippen MR) is 208 cm³/mol. The van der Waals surface area contributed by atoms with E-state index in [9.17, 15) is 0 Å². The average Bonchev–Trinajstić information content (AvgIpc) is 3.11. The van der Waals surface area contributed by atoms with Crippen molar-refractivity contribution in [2.24, 2.45) is 0 Å². The lowest BCUT2D eigenvalue weighted by Gasteiger charge is -2.13. The molecule has 1 aliphatic carbocycles. The summed E-state index contributed by atoms with van der Waals surface area (Å²) in [6.45, 7) is 34.3. The van der Waals surface area contributed by atoms with Gasteiger partial charge in [-0.05, 0) is 66.0 Å². The van der Waals surface area contributed by atoms with Gasteiger partial charge in [0.2, 0.25) is 0 Å². The van der Waals surface area contributed by atoms with E-state index in [-0.39, 0.29) is 0 Å². The summed E-state index contributed by atoms with van der Waals surface area (Å²) in [5, 5.41) is 0. The summed E-state index contributed by atoms with van der Waals surface area (Å²) in [4.78, 5) is 0. The highest BCUT2D eigenvalue weighted by Crippen LogP contribution is 2.28. The molecule has 3 aromatic carbocycles. The van der Waals surface area contributed by atoms with E-state index in [0.717, 1.165) is 12.8 Å². The Kier molecular flexibility index (Phi) is 49.9. The van der Waals surface area contributed by atoms with Crippen LogP contribution in [0.1, 0.15) is 146 Å². The fourth-order valence-corrected chi connectivity index (χ4v) is 3.31. The first-order chi connectivity index (χ1) is 21.2. The molecule has 0 heterocycles. The lowest BCUT2D eigenvalue weighted by Crippen LogP contribution is -1.91. The molecule has 0 N–H and O–H groups in total. The van der Waals surface area contributed by atoms with Crippen LogP contribution >= 0.6 is 0 Å². The highest BCUT2D eigenvalue weighted by atomic mass is 14.1. The molecule has 0 unspecified atom stereocenters. The van der Waals surface area contributed by atoms with E-state index in [1.165, 1.54) is 46.3 Å². The Hall–Kier alpha value is -3.12. The van der Waals surface area contributed by atoms with Crippen molar-refractivity contribution in [2.75, 3.05) is 0 Å². The molecule has 0 fully saturated rings. The first kappa shape index (κ1) is 49.6. The molecule has 4 rings (SSSR count). The van der Waals surface area contributed by atoms with Crippen molar-refractivity contribution in [1.82, 2.24) is 0 Å². The number of hydrogen-bond donors (Lipinski definition) is 0. The summed E-state index contributed by atoms with van der Waals surface area (Å²) < 4.78 is 0. The number of benzene rings is 3. The van der Waals surface area contributed by atoms with Crippen LogP contribution in [-0.4, -0.2) is 0 Å². The summed E-state index contributed by atoms with van der Waals surface area (Å²) in [5.41, 5.74) is 8.14. The van der Waals surface area contributed by atoms with Crippen molar-refractivity contribution in [3.8, 4) is 0 Å². The second-order valence-electron chi connectivity index (χ2n) is 7.49. The molecule has 3 aromatic rings. The highest BCUT2D eigenvalue weighted by molar-refractivity contribution is 5.69. The van der Waals surface area contributed by atoms with Gasteiger partial charge in [-0.15, -0.1) is 0 Å². The van der Waals surface area contributed by atoms with E-state index in [4.69, 9.17) is 0 Å². The summed E-state index contributed by atoms with van der Waals surface area (Å²) in [6, 6.07) is 31.4. The lowest BCUT2D eigenvalue weighted by atomic mass is 9.92. The third-order valence-electron chi connectivity index (χ3n) is 5.43. The molecular formula is C43H72. The monoisotopic (exact) mass is 589 g/mol. The largest absolute Gasteiger partial charge is 0.0952 e. The van der Waals surface area contributed by atoms with Crippen LogP contribution in [0.4, 0.5) is 0 Å². The van der Waals surface area contributed by atoms with E-state index in [1.54, 1.807) is 0 Å². The van der Waals surface area contributed by atoms with Gasteiger partial charge in [-0.25, -0.2) is 0 Å². The van der Waals surface area contributed by atoms with Crippen molar-refractivity contribution in [3.05, 3.63) is 126 Å². The smallest absolute Gasteiger partial charge is 0.0228 e. The Labute approximate surface area is 272 Å². The summed E-state index contributed by atoms with van der Waals surface area (Å²) >= 11 is 0. The second kappa shape index (κ2) is 43.3. The van der Waals surface area contributed by atoms with Gasteiger partial charge in [0.25, 0.3) is 0 Å². The summed E-state index contributed by atoms with van der Waals surface area (Å²) in [5.74, 6) is 0. The maximum atomic E-state index is 3.94. The molecule has 0 nitrogen and oxygen atoms in total. The minimum Gasteiger partial charge on any atom is -0.0952 e. The van der Waals surface area contributed by atoms with Crippen LogP contribution in [0.15, 0.2) is 110 Å². The van der Waals surface area contributed by atoms with Gasteiger partial charge in [0, 0.05) is 0 Å². The second-order valence-corrected chi connectivity index (χ2v) is 7.49. The minimum atomic E-state index is 1.03.